The Hall–Kier alpha value is -0.320. The first-order valence-electron chi connectivity index (χ1n) is 4.78. The molecule has 2 heterocycles. The number of hydrogen-bond donors (Lipinski definition) is 0. The summed E-state index contributed by atoms with van der Waals surface area (Å²) < 4.78 is 0. The molecule has 80 valence electrons. The van der Waals surface area contributed by atoms with E-state index in [-0.39, 0.29) is 0 Å². The molecule has 0 amide bonds. The van der Waals surface area contributed by atoms with E-state index in [0.29, 0.717) is 5.15 Å². The predicted molar refractivity (Wildman–Crippen MR) is 68.9 cm³/mol. The Labute approximate surface area is 102 Å². The minimum atomic E-state index is 0.577. The lowest BCUT2D eigenvalue weighted by Gasteiger charge is -2.00. The Morgan fingerprint density at radius 1 is 1.47 bits per heavy atom. The quantitative estimate of drug-likeness (QED) is 0.613. The molecule has 0 aliphatic heterocycles. The second-order valence-corrected chi connectivity index (χ2v) is 5.48. The number of halogens is 1. The molecule has 2 aromatic heterocycles. The maximum absolute atomic E-state index is 6.06. The zero-order chi connectivity index (χ0) is 10.7. The smallest absolute Gasteiger partial charge is 0.141 e. The second-order valence-electron chi connectivity index (χ2n) is 3.12. The van der Waals surface area contributed by atoms with Gasteiger partial charge in [-0.05, 0) is 23.6 Å². The monoisotopic (exact) mass is 258 g/mol. The Morgan fingerprint density at radius 2 is 2.33 bits per heavy atom. The van der Waals surface area contributed by atoms with E-state index < -0.39 is 0 Å². The average Bonchev–Trinajstić information content (AvgIpc) is 2.66. The summed E-state index contributed by atoms with van der Waals surface area (Å²) in [4.78, 5) is 9.74. The summed E-state index contributed by atoms with van der Waals surface area (Å²) in [7, 11) is 0. The zero-order valence-electron chi connectivity index (χ0n) is 8.36. The first-order valence-corrected chi connectivity index (χ1v) is 7.20. The predicted octanol–water partition coefficient (Wildman–Crippen LogP) is 3.99. The van der Waals surface area contributed by atoms with Crippen LogP contribution in [-0.4, -0.2) is 15.7 Å². The third kappa shape index (κ3) is 2.62. The fraction of sp³-hybridized carbons (Fsp3) is 0.400. The Kier molecular flexibility index (Phi) is 3.83. The molecule has 0 aliphatic rings. The van der Waals surface area contributed by atoms with Gasteiger partial charge in [0.25, 0.3) is 0 Å². The van der Waals surface area contributed by atoms with E-state index in [1.165, 1.54) is 6.42 Å². The molecule has 0 bridgehead atoms. The van der Waals surface area contributed by atoms with Crippen LogP contribution in [0.1, 0.15) is 19.2 Å². The van der Waals surface area contributed by atoms with Crippen molar-refractivity contribution in [1.82, 2.24) is 9.97 Å². The standard InChI is InChI=1S/C10H11ClN2S2/c1-2-4-14-6-8-12-9(11)7-3-5-15-10(7)13-8/h3,5H,2,4,6H2,1H3. The number of nitrogens with zero attached hydrogens (tertiary/aromatic N) is 2. The van der Waals surface area contributed by atoms with Gasteiger partial charge in [-0.2, -0.15) is 11.8 Å². The van der Waals surface area contributed by atoms with Crippen LogP contribution in [0.4, 0.5) is 0 Å². The number of hydrogen-bond acceptors (Lipinski definition) is 4. The molecular formula is C10H11ClN2S2. The van der Waals surface area contributed by atoms with Gasteiger partial charge < -0.3 is 0 Å². The number of aromatic nitrogens is 2. The number of fused-ring (bicyclic) bond motifs is 1. The summed E-state index contributed by atoms with van der Waals surface area (Å²) in [6.45, 7) is 2.17. The van der Waals surface area contributed by atoms with Crippen LogP contribution in [0, 0.1) is 0 Å². The maximum atomic E-state index is 6.06. The third-order valence-electron chi connectivity index (χ3n) is 1.90. The van der Waals surface area contributed by atoms with E-state index in [2.05, 4.69) is 16.9 Å². The van der Waals surface area contributed by atoms with Crippen LogP contribution in [0.5, 0.6) is 0 Å². The summed E-state index contributed by atoms with van der Waals surface area (Å²) in [5, 5.41) is 3.54. The van der Waals surface area contributed by atoms with E-state index in [1.54, 1.807) is 11.3 Å². The highest BCUT2D eigenvalue weighted by atomic mass is 35.5. The zero-order valence-corrected chi connectivity index (χ0v) is 10.8. The minimum absolute atomic E-state index is 0.577. The molecule has 15 heavy (non-hydrogen) atoms. The molecule has 0 fully saturated rings. The van der Waals surface area contributed by atoms with Crippen LogP contribution >= 0.6 is 34.7 Å². The largest absolute Gasteiger partial charge is 0.221 e. The molecule has 0 N–H and O–H groups in total. The van der Waals surface area contributed by atoms with Crippen LogP contribution < -0.4 is 0 Å². The fourth-order valence-corrected chi connectivity index (χ4v) is 3.07. The highest BCUT2D eigenvalue weighted by molar-refractivity contribution is 7.98. The van der Waals surface area contributed by atoms with Crippen molar-refractivity contribution < 1.29 is 0 Å². The van der Waals surface area contributed by atoms with E-state index in [4.69, 9.17) is 11.6 Å². The molecule has 0 unspecified atom stereocenters. The fourth-order valence-electron chi connectivity index (χ4n) is 1.23. The van der Waals surface area contributed by atoms with Gasteiger partial charge in [0.2, 0.25) is 0 Å². The van der Waals surface area contributed by atoms with Gasteiger partial charge in [0, 0.05) is 5.39 Å². The van der Waals surface area contributed by atoms with Crippen LogP contribution in [-0.2, 0) is 5.75 Å². The van der Waals surface area contributed by atoms with E-state index in [0.717, 1.165) is 27.5 Å². The van der Waals surface area contributed by atoms with Gasteiger partial charge in [-0.25, -0.2) is 9.97 Å². The molecule has 0 radical (unpaired) electrons. The van der Waals surface area contributed by atoms with Crippen molar-refractivity contribution in [1.29, 1.82) is 0 Å². The molecule has 0 aliphatic carbocycles. The van der Waals surface area contributed by atoms with Gasteiger partial charge in [-0.3, -0.25) is 0 Å². The van der Waals surface area contributed by atoms with E-state index >= 15 is 0 Å². The molecule has 2 aromatic rings. The first kappa shape index (κ1) is 11.2. The highest BCUT2D eigenvalue weighted by Gasteiger charge is 2.06. The van der Waals surface area contributed by atoms with Crippen molar-refractivity contribution in [3.8, 4) is 0 Å². The highest BCUT2D eigenvalue weighted by Crippen LogP contribution is 2.25. The lowest BCUT2D eigenvalue weighted by Crippen LogP contribution is -1.93. The molecule has 0 atom stereocenters. The lowest BCUT2D eigenvalue weighted by molar-refractivity contribution is 1.06. The van der Waals surface area contributed by atoms with E-state index in [9.17, 15) is 0 Å². The van der Waals surface area contributed by atoms with Crippen molar-refractivity contribution in [3.63, 3.8) is 0 Å². The van der Waals surface area contributed by atoms with Gasteiger partial charge >= 0.3 is 0 Å². The van der Waals surface area contributed by atoms with Crippen molar-refractivity contribution in [2.45, 2.75) is 19.1 Å². The second kappa shape index (κ2) is 5.14. The van der Waals surface area contributed by atoms with Gasteiger partial charge in [0.05, 0.1) is 5.75 Å². The molecular weight excluding hydrogens is 248 g/mol. The summed E-state index contributed by atoms with van der Waals surface area (Å²) in [6, 6.07) is 1.96. The van der Waals surface area contributed by atoms with Crippen molar-refractivity contribution in [2.75, 3.05) is 5.75 Å². The third-order valence-corrected chi connectivity index (χ3v) is 4.16. The maximum Gasteiger partial charge on any atom is 0.141 e. The Morgan fingerprint density at radius 3 is 3.13 bits per heavy atom. The summed E-state index contributed by atoms with van der Waals surface area (Å²) in [5.41, 5.74) is 0. The molecule has 5 heteroatoms. The van der Waals surface area contributed by atoms with Crippen molar-refractivity contribution in [2.24, 2.45) is 0 Å². The first-order chi connectivity index (χ1) is 7.31. The van der Waals surface area contributed by atoms with Gasteiger partial charge in [-0.1, -0.05) is 18.5 Å². The summed E-state index contributed by atoms with van der Waals surface area (Å²) in [6.07, 6.45) is 1.18. The number of rotatable bonds is 4. The van der Waals surface area contributed by atoms with Gasteiger partial charge in [0.1, 0.15) is 15.8 Å². The summed E-state index contributed by atoms with van der Waals surface area (Å²) >= 11 is 9.52. The SMILES string of the molecule is CCCSCc1nc(Cl)c2ccsc2n1. The van der Waals surface area contributed by atoms with Crippen molar-refractivity contribution >= 4 is 44.9 Å². The molecule has 2 nitrogen and oxygen atoms in total. The molecule has 0 spiro atoms. The normalized spacial score (nSPS) is 11.1. The van der Waals surface area contributed by atoms with Gasteiger partial charge in [-0.15, -0.1) is 11.3 Å². The van der Waals surface area contributed by atoms with Gasteiger partial charge in [0.15, 0.2) is 0 Å². The summed E-state index contributed by atoms with van der Waals surface area (Å²) in [5.74, 6) is 2.83. The molecule has 0 saturated carbocycles. The van der Waals surface area contributed by atoms with Crippen LogP contribution in [0.3, 0.4) is 0 Å². The lowest BCUT2D eigenvalue weighted by atomic mass is 10.4. The number of thiophene rings is 1. The Balaban J connectivity index is 2.21. The number of thioether (sulfide) groups is 1. The minimum Gasteiger partial charge on any atom is -0.221 e. The average molecular weight is 259 g/mol. The molecule has 0 saturated heterocycles. The molecule has 2 rings (SSSR count). The van der Waals surface area contributed by atoms with Crippen LogP contribution in [0.25, 0.3) is 10.2 Å². The Bertz CT molecular complexity index is 456. The van der Waals surface area contributed by atoms with E-state index in [1.807, 2.05) is 23.2 Å². The molecule has 0 aromatic carbocycles. The van der Waals surface area contributed by atoms with Crippen LogP contribution in [0.15, 0.2) is 11.4 Å². The topological polar surface area (TPSA) is 25.8 Å². The van der Waals surface area contributed by atoms with Crippen molar-refractivity contribution in [3.05, 3.63) is 22.4 Å². The van der Waals surface area contributed by atoms with Crippen LogP contribution in [0.2, 0.25) is 5.15 Å².